The quantitative estimate of drug-likeness (QED) is 0.130. The monoisotopic (exact) mass is 1850 g/mol. The molecule has 0 radical (unpaired) electrons. The smallest absolute Gasteiger partial charge is 0.160 e. The Morgan fingerprint density at radius 2 is 0.400 bits per heavy atom. The predicted octanol–water partition coefficient (Wildman–Crippen LogP) is 35.5. The standard InChI is InChI=1S/C137H92N8/c1-135(2)114-37-16-7-28-95(114)98-60-56-92(78-117(98)135)143-124-43-22-13-34-104(124)110-74-85(51-67-130(110)143)82-48-64-127-107(71-82)101-31-10-19-40-121(101)140(127)89-54-46-81(47-55-89)134-138-120-63-59-91(142-123-42-21-12-33-103(123)109-73-84(50-66-129(109)142)87-53-69-132-112(76-87)106-36-15-24-45-126(106)145(132)94-58-62-100-97-30-9-18-39-116(97)137(5,6)119(100)80-94)77-113(120)133(139-134)88-26-25-27-90(70-88)141-122-41-20-11-32-102(122)108-72-83(49-65-128(108)141)86-52-68-131-111(75-86)105-35-14-23-44-125(105)144(131)93-57-61-99-96-29-8-17-38-115(96)136(3,4)118(99)79-93/h7-80H,1-6H3. The first kappa shape index (κ1) is 81.6. The average Bonchev–Trinajstić information content (AvgIpc) is 1.56. The third-order valence-corrected chi connectivity index (χ3v) is 33.2. The van der Waals surface area contributed by atoms with E-state index in [0.29, 0.717) is 5.82 Å². The molecule has 7 aromatic heterocycles. The maximum Gasteiger partial charge on any atom is 0.160 e. The SMILES string of the molecule is CC1(C)c2ccccc2-c2ccc(-n3c4ccccc4c4cc(-c5ccc6c(c5)c5ccccc5n6-c5ccc(-c6nc(-c7cccc(-n8c9ccccc9c9cc(-c%10ccc%11c(c%10)c%10ccccc%10n%11-c%10ccc%11c(c%10)C(C)(C)c%10ccccc%10-%11)ccc98)c7)c7cc(-n8c9ccccc9c9cc(-c%10ccc%11c(c%10)c%10ccccc%10n%11-c%10ccc%11c(c%10)C(C)(C)c%10ccccc%10-%11)ccc98)ccc7n6)cc5)ccc43)cc21. The van der Waals surface area contributed by atoms with E-state index < -0.39 is 0 Å². The van der Waals surface area contributed by atoms with Crippen molar-refractivity contribution in [3.05, 3.63) is 482 Å². The van der Waals surface area contributed by atoms with Gasteiger partial charge in [-0.25, -0.2) is 9.97 Å². The van der Waals surface area contributed by atoms with Crippen LogP contribution in [0, 0.1) is 0 Å². The topological polar surface area (TPSA) is 55.4 Å². The fourth-order valence-electron chi connectivity index (χ4n) is 26.2. The van der Waals surface area contributed by atoms with E-state index in [0.717, 1.165) is 94.6 Å². The fourth-order valence-corrected chi connectivity index (χ4v) is 26.2. The number of nitrogens with zero attached hydrogens (tertiary/aromatic N) is 8. The fraction of sp³-hybridized carbons (Fsp3) is 0.0657. The Morgan fingerprint density at radius 1 is 0.152 bits per heavy atom. The van der Waals surface area contributed by atoms with Gasteiger partial charge in [0.05, 0.1) is 77.4 Å². The molecule has 3 aliphatic rings. The van der Waals surface area contributed by atoms with E-state index in [4.69, 9.17) is 9.97 Å². The maximum atomic E-state index is 5.87. The van der Waals surface area contributed by atoms with E-state index in [-0.39, 0.29) is 16.2 Å². The third kappa shape index (κ3) is 11.6. The number of hydrogen-bond donors (Lipinski definition) is 0. The van der Waals surface area contributed by atoms with Crippen LogP contribution in [0.25, 0.3) is 265 Å². The summed E-state index contributed by atoms with van der Waals surface area (Å²) >= 11 is 0. The normalized spacial score (nSPS) is 13.8. The molecule has 0 amide bonds. The van der Waals surface area contributed by atoms with Crippen molar-refractivity contribution >= 4 is 142 Å². The van der Waals surface area contributed by atoms with Gasteiger partial charge in [-0.15, -0.1) is 0 Å². The van der Waals surface area contributed by atoms with Crippen molar-refractivity contribution in [1.82, 2.24) is 37.4 Å². The summed E-state index contributed by atoms with van der Waals surface area (Å²) in [5.41, 5.74) is 46.8. The van der Waals surface area contributed by atoms with Gasteiger partial charge >= 0.3 is 0 Å². The average molecular weight is 1850 g/mol. The molecule has 28 aromatic rings. The molecule has 680 valence electrons. The van der Waals surface area contributed by atoms with E-state index in [1.807, 2.05) is 0 Å². The second kappa shape index (κ2) is 29.9. The lowest BCUT2D eigenvalue weighted by molar-refractivity contribution is 0.660. The van der Waals surface area contributed by atoms with Gasteiger partial charge in [-0.05, 0) is 300 Å². The van der Waals surface area contributed by atoms with Gasteiger partial charge < -0.3 is 27.4 Å². The number of aromatic nitrogens is 8. The molecule has 21 aromatic carbocycles. The zero-order valence-electron chi connectivity index (χ0n) is 80.8. The van der Waals surface area contributed by atoms with Crippen molar-refractivity contribution in [2.75, 3.05) is 0 Å². The van der Waals surface area contributed by atoms with Gasteiger partial charge in [0.15, 0.2) is 5.82 Å². The first-order chi connectivity index (χ1) is 71.1. The van der Waals surface area contributed by atoms with Crippen LogP contribution in [0.4, 0.5) is 0 Å². The Morgan fingerprint density at radius 3 is 0.724 bits per heavy atom. The van der Waals surface area contributed by atoms with Crippen LogP contribution >= 0.6 is 0 Å². The predicted molar refractivity (Wildman–Crippen MR) is 605 cm³/mol. The summed E-state index contributed by atoms with van der Waals surface area (Å²) in [6.07, 6.45) is 0. The molecule has 0 spiro atoms. The highest BCUT2D eigenvalue weighted by molar-refractivity contribution is 6.18. The summed E-state index contributed by atoms with van der Waals surface area (Å²) in [7, 11) is 0. The van der Waals surface area contributed by atoms with Gasteiger partial charge in [0.25, 0.3) is 0 Å². The molecule has 7 heterocycles. The van der Waals surface area contributed by atoms with Crippen molar-refractivity contribution in [2.45, 2.75) is 57.8 Å². The zero-order valence-corrected chi connectivity index (χ0v) is 80.8. The Hall–Kier alpha value is -18.2. The highest BCUT2D eigenvalue weighted by atomic mass is 15.0. The van der Waals surface area contributed by atoms with Crippen molar-refractivity contribution in [1.29, 1.82) is 0 Å². The first-order valence-corrected chi connectivity index (χ1v) is 50.6. The van der Waals surface area contributed by atoms with Crippen LogP contribution < -0.4 is 0 Å². The van der Waals surface area contributed by atoms with Gasteiger partial charge in [0, 0.05) is 132 Å². The molecular weight excluding hydrogens is 1760 g/mol. The Kier molecular flexibility index (Phi) is 16.8. The van der Waals surface area contributed by atoms with Crippen molar-refractivity contribution in [3.63, 3.8) is 0 Å². The molecule has 0 bridgehead atoms. The molecule has 0 saturated carbocycles. The molecule has 8 nitrogen and oxygen atoms in total. The van der Waals surface area contributed by atoms with Gasteiger partial charge in [0.2, 0.25) is 0 Å². The first-order valence-electron chi connectivity index (χ1n) is 50.6. The number of benzene rings is 21. The summed E-state index contributed by atoms with van der Waals surface area (Å²) in [5.74, 6) is 0.637. The van der Waals surface area contributed by atoms with Crippen molar-refractivity contribution in [2.24, 2.45) is 0 Å². The molecule has 0 N–H and O–H groups in total. The van der Waals surface area contributed by atoms with E-state index in [9.17, 15) is 0 Å². The number of hydrogen-bond acceptors (Lipinski definition) is 2. The van der Waals surface area contributed by atoms with Gasteiger partial charge in [-0.1, -0.05) is 290 Å². The molecule has 31 rings (SSSR count). The summed E-state index contributed by atoms with van der Waals surface area (Å²) in [5, 5.41) is 15.4. The largest absolute Gasteiger partial charge is 0.309 e. The van der Waals surface area contributed by atoms with Crippen molar-refractivity contribution in [3.8, 4) is 124 Å². The van der Waals surface area contributed by atoms with Crippen LogP contribution in [-0.2, 0) is 16.2 Å². The summed E-state index contributed by atoms with van der Waals surface area (Å²) in [6.45, 7) is 14.2. The molecule has 0 atom stereocenters. The lowest BCUT2D eigenvalue weighted by Gasteiger charge is -2.22. The lowest BCUT2D eigenvalue weighted by Crippen LogP contribution is -2.15. The molecular formula is C137H92N8. The van der Waals surface area contributed by atoms with Gasteiger partial charge in [-0.3, -0.25) is 0 Å². The summed E-state index contributed by atoms with van der Waals surface area (Å²) < 4.78 is 14.7. The van der Waals surface area contributed by atoms with E-state index in [1.165, 1.54) is 198 Å². The number of rotatable bonds is 11. The molecule has 145 heavy (non-hydrogen) atoms. The van der Waals surface area contributed by atoms with E-state index in [1.54, 1.807) is 0 Å². The molecule has 0 fully saturated rings. The van der Waals surface area contributed by atoms with Gasteiger partial charge in [0.1, 0.15) is 0 Å². The highest BCUT2D eigenvalue weighted by Gasteiger charge is 2.40. The Labute approximate surface area is 836 Å². The summed E-state index contributed by atoms with van der Waals surface area (Å²) in [6, 6.07) is 168. The van der Waals surface area contributed by atoms with E-state index in [2.05, 4.69) is 518 Å². The second-order valence-corrected chi connectivity index (χ2v) is 41.9. The van der Waals surface area contributed by atoms with Crippen LogP contribution in [0.5, 0.6) is 0 Å². The van der Waals surface area contributed by atoms with Crippen LogP contribution in [0.3, 0.4) is 0 Å². The number of fused-ring (bicyclic) bond motifs is 28. The Balaban J connectivity index is 0.523. The van der Waals surface area contributed by atoms with Crippen molar-refractivity contribution < 1.29 is 0 Å². The maximum absolute atomic E-state index is 5.87. The molecule has 3 aliphatic carbocycles. The van der Waals surface area contributed by atoms with Crippen LogP contribution in [0.15, 0.2) is 449 Å². The van der Waals surface area contributed by atoms with Gasteiger partial charge in [-0.2, -0.15) is 0 Å². The van der Waals surface area contributed by atoms with Crippen LogP contribution in [0.1, 0.15) is 74.9 Å². The molecule has 0 saturated heterocycles. The Bertz CT molecular complexity index is 10600. The summed E-state index contributed by atoms with van der Waals surface area (Å²) in [4.78, 5) is 11.5. The minimum absolute atomic E-state index is 0.118. The second-order valence-electron chi connectivity index (χ2n) is 41.9. The van der Waals surface area contributed by atoms with E-state index >= 15 is 0 Å². The highest BCUT2D eigenvalue weighted by Crippen LogP contribution is 2.55. The molecule has 8 heteroatoms. The zero-order chi connectivity index (χ0) is 95.9. The van der Waals surface area contributed by atoms with Crippen LogP contribution in [-0.4, -0.2) is 37.4 Å². The molecule has 0 unspecified atom stereocenters. The van der Waals surface area contributed by atoms with Crippen LogP contribution in [0.2, 0.25) is 0 Å². The molecule has 0 aliphatic heterocycles. The number of para-hydroxylation sites is 6. The third-order valence-electron chi connectivity index (χ3n) is 33.2. The lowest BCUT2D eigenvalue weighted by atomic mass is 9.82. The minimum atomic E-state index is -0.126. The minimum Gasteiger partial charge on any atom is -0.309 e.